The number of amides is 3. The van der Waals surface area contributed by atoms with Gasteiger partial charge in [0.2, 0.25) is 11.8 Å². The molecule has 1 aromatic rings. The summed E-state index contributed by atoms with van der Waals surface area (Å²) in [4.78, 5) is 39.5. The molecule has 0 unspecified atom stereocenters. The lowest BCUT2D eigenvalue weighted by atomic mass is 9.94. The second-order valence-corrected chi connectivity index (χ2v) is 9.78. The first kappa shape index (κ1) is 23.5. The zero-order valence-electron chi connectivity index (χ0n) is 19.8. The fourth-order valence-corrected chi connectivity index (χ4v) is 4.96. The summed E-state index contributed by atoms with van der Waals surface area (Å²) >= 11 is 0. The molecule has 2 aliphatic heterocycles. The van der Waals surface area contributed by atoms with Crippen LogP contribution in [0.1, 0.15) is 69.2 Å². The Morgan fingerprint density at radius 1 is 1.15 bits per heavy atom. The van der Waals surface area contributed by atoms with Gasteiger partial charge in [-0.1, -0.05) is 26.7 Å². The van der Waals surface area contributed by atoms with Gasteiger partial charge in [0.05, 0.1) is 24.1 Å². The summed E-state index contributed by atoms with van der Waals surface area (Å²) < 4.78 is 12.3. The maximum atomic E-state index is 13.3. The number of nitrogens with zero attached hydrogens (tertiary/aromatic N) is 1. The van der Waals surface area contributed by atoms with Gasteiger partial charge in [-0.05, 0) is 43.9 Å². The number of nitrogens with one attached hydrogen (secondary N) is 2. The Morgan fingerprint density at radius 3 is 2.64 bits per heavy atom. The highest BCUT2D eigenvalue weighted by molar-refractivity contribution is 6.00. The van der Waals surface area contributed by atoms with Crippen LogP contribution in [0.15, 0.2) is 18.2 Å². The van der Waals surface area contributed by atoms with Crippen molar-refractivity contribution in [2.75, 3.05) is 19.0 Å². The molecule has 1 saturated carbocycles. The number of hydrogen-bond acceptors (Lipinski definition) is 5. The number of rotatable bonds is 5. The normalized spacial score (nSPS) is 25.5. The Morgan fingerprint density at radius 2 is 1.91 bits per heavy atom. The van der Waals surface area contributed by atoms with Crippen LogP contribution in [-0.4, -0.2) is 60.6 Å². The maximum absolute atomic E-state index is 13.3. The van der Waals surface area contributed by atoms with E-state index in [9.17, 15) is 14.4 Å². The molecule has 3 amide bonds. The third-order valence-corrected chi connectivity index (χ3v) is 6.94. The lowest BCUT2D eigenvalue weighted by Gasteiger charge is -2.42. The van der Waals surface area contributed by atoms with E-state index in [1.165, 1.54) is 12.8 Å². The van der Waals surface area contributed by atoms with E-state index in [4.69, 9.17) is 9.47 Å². The van der Waals surface area contributed by atoms with Gasteiger partial charge >= 0.3 is 0 Å². The first-order valence-corrected chi connectivity index (χ1v) is 12.1. The van der Waals surface area contributed by atoms with E-state index >= 15 is 0 Å². The summed E-state index contributed by atoms with van der Waals surface area (Å²) in [5.74, 6) is 0.0861. The molecule has 3 atom stereocenters. The van der Waals surface area contributed by atoms with Gasteiger partial charge in [0.25, 0.3) is 5.91 Å². The standard InChI is InChI=1S/C25H35N3O5/c1-15(2)24(30)27-17-8-11-21-19(12-17)25(31)28(3)20-10-9-18(33-22(20)14-32-21)13-23(29)26-16-6-4-5-7-16/h8,11-12,15-16,18,20,22H,4-7,9-10,13-14H2,1-3H3,(H,26,29)(H,27,30)/t18-,20-,22-/m1/s1. The lowest BCUT2D eigenvalue weighted by Crippen LogP contribution is -2.54. The summed E-state index contributed by atoms with van der Waals surface area (Å²) in [6.07, 6.45) is 5.81. The molecule has 2 fully saturated rings. The van der Waals surface area contributed by atoms with Crippen LogP contribution in [0.3, 0.4) is 0 Å². The van der Waals surface area contributed by atoms with Gasteiger partial charge in [-0.15, -0.1) is 0 Å². The van der Waals surface area contributed by atoms with Gasteiger partial charge in [-0.25, -0.2) is 0 Å². The topological polar surface area (TPSA) is 97.0 Å². The van der Waals surface area contributed by atoms with E-state index in [2.05, 4.69) is 10.6 Å². The second kappa shape index (κ2) is 10.1. The zero-order valence-corrected chi connectivity index (χ0v) is 19.8. The van der Waals surface area contributed by atoms with Gasteiger partial charge in [-0.3, -0.25) is 14.4 Å². The van der Waals surface area contributed by atoms with E-state index in [-0.39, 0.29) is 41.9 Å². The molecule has 4 rings (SSSR count). The number of likely N-dealkylation sites (N-methyl/N-ethyl adjacent to an activating group) is 1. The molecule has 2 N–H and O–H groups in total. The van der Waals surface area contributed by atoms with Gasteiger partial charge in [0, 0.05) is 24.7 Å². The average Bonchev–Trinajstić information content (AvgIpc) is 3.29. The van der Waals surface area contributed by atoms with Crippen molar-refractivity contribution in [2.45, 2.75) is 83.1 Å². The van der Waals surface area contributed by atoms with Crippen LogP contribution in [0, 0.1) is 5.92 Å². The first-order chi connectivity index (χ1) is 15.8. The lowest BCUT2D eigenvalue weighted by molar-refractivity contribution is -0.134. The molecular weight excluding hydrogens is 422 g/mol. The number of benzene rings is 1. The van der Waals surface area contributed by atoms with Crippen molar-refractivity contribution < 1.29 is 23.9 Å². The molecule has 0 bridgehead atoms. The number of hydrogen-bond donors (Lipinski definition) is 2. The monoisotopic (exact) mass is 457 g/mol. The SMILES string of the molecule is CC(C)C(=O)Nc1ccc2c(c1)C(=O)N(C)[C@@H]1CC[C@H](CC(=O)NC3CCCC3)O[C@@H]1CO2. The van der Waals surface area contributed by atoms with E-state index < -0.39 is 0 Å². The highest BCUT2D eigenvalue weighted by atomic mass is 16.5. The number of carbonyl (C=O) groups excluding carboxylic acids is 3. The van der Waals surface area contributed by atoms with E-state index in [0.717, 1.165) is 19.3 Å². The van der Waals surface area contributed by atoms with Crippen LogP contribution in [-0.2, 0) is 14.3 Å². The minimum absolute atomic E-state index is 0.0443. The quantitative estimate of drug-likeness (QED) is 0.708. The fourth-order valence-electron chi connectivity index (χ4n) is 4.96. The molecule has 2 heterocycles. The summed E-state index contributed by atoms with van der Waals surface area (Å²) in [7, 11) is 1.78. The van der Waals surface area contributed by atoms with Gasteiger partial charge in [0.15, 0.2) is 0 Å². The Balaban J connectivity index is 1.42. The Bertz CT molecular complexity index is 896. The van der Waals surface area contributed by atoms with Crippen molar-refractivity contribution >= 4 is 23.4 Å². The molecule has 8 nitrogen and oxygen atoms in total. The van der Waals surface area contributed by atoms with Crippen molar-refractivity contribution in [3.63, 3.8) is 0 Å². The highest BCUT2D eigenvalue weighted by Gasteiger charge is 2.39. The minimum Gasteiger partial charge on any atom is -0.490 e. The first-order valence-electron chi connectivity index (χ1n) is 12.1. The molecule has 1 saturated heterocycles. The van der Waals surface area contributed by atoms with Gasteiger partial charge in [0.1, 0.15) is 18.5 Å². The molecule has 0 aromatic heterocycles. The highest BCUT2D eigenvalue weighted by Crippen LogP contribution is 2.32. The molecule has 180 valence electrons. The molecule has 1 aromatic carbocycles. The fraction of sp³-hybridized carbons (Fsp3) is 0.640. The van der Waals surface area contributed by atoms with E-state index in [0.29, 0.717) is 42.5 Å². The number of ether oxygens (including phenoxy) is 2. The number of carbonyl (C=O) groups is 3. The summed E-state index contributed by atoms with van der Waals surface area (Å²) in [6.45, 7) is 3.94. The molecule has 0 radical (unpaired) electrons. The smallest absolute Gasteiger partial charge is 0.257 e. The summed E-state index contributed by atoms with van der Waals surface area (Å²) in [5, 5.41) is 5.97. The summed E-state index contributed by atoms with van der Waals surface area (Å²) in [5.41, 5.74) is 0.999. The van der Waals surface area contributed by atoms with E-state index in [1.807, 2.05) is 13.8 Å². The van der Waals surface area contributed by atoms with Crippen LogP contribution in [0.2, 0.25) is 0 Å². The molecular formula is C25H35N3O5. The minimum atomic E-state index is -0.301. The molecule has 0 spiro atoms. The number of anilines is 1. The molecule has 1 aliphatic carbocycles. The molecule has 8 heteroatoms. The van der Waals surface area contributed by atoms with Crippen LogP contribution >= 0.6 is 0 Å². The van der Waals surface area contributed by atoms with Gasteiger partial charge < -0.3 is 25.0 Å². The van der Waals surface area contributed by atoms with Crippen molar-refractivity contribution in [3.8, 4) is 5.75 Å². The van der Waals surface area contributed by atoms with Crippen LogP contribution in [0.4, 0.5) is 5.69 Å². The Kier molecular flexibility index (Phi) is 7.22. The third-order valence-electron chi connectivity index (χ3n) is 6.94. The van der Waals surface area contributed by atoms with Crippen molar-refractivity contribution in [2.24, 2.45) is 5.92 Å². The predicted octanol–water partition coefficient (Wildman–Crippen LogP) is 3.11. The largest absolute Gasteiger partial charge is 0.490 e. The summed E-state index contributed by atoms with van der Waals surface area (Å²) in [6, 6.07) is 5.30. The van der Waals surface area contributed by atoms with Crippen molar-refractivity contribution in [3.05, 3.63) is 23.8 Å². The van der Waals surface area contributed by atoms with Crippen LogP contribution in [0.5, 0.6) is 5.75 Å². The molecule has 3 aliphatic rings. The average molecular weight is 458 g/mol. The van der Waals surface area contributed by atoms with Crippen molar-refractivity contribution in [1.29, 1.82) is 0 Å². The Hall–Kier alpha value is -2.61. The van der Waals surface area contributed by atoms with Crippen LogP contribution < -0.4 is 15.4 Å². The second-order valence-electron chi connectivity index (χ2n) is 9.78. The third kappa shape index (κ3) is 5.49. The van der Waals surface area contributed by atoms with Crippen molar-refractivity contribution in [1.82, 2.24) is 10.2 Å². The molecule has 33 heavy (non-hydrogen) atoms. The zero-order chi connectivity index (χ0) is 23.5. The number of fused-ring (bicyclic) bond motifs is 2. The van der Waals surface area contributed by atoms with Crippen LogP contribution in [0.25, 0.3) is 0 Å². The van der Waals surface area contributed by atoms with E-state index in [1.54, 1.807) is 30.1 Å². The van der Waals surface area contributed by atoms with Gasteiger partial charge in [-0.2, -0.15) is 0 Å². The maximum Gasteiger partial charge on any atom is 0.257 e. The predicted molar refractivity (Wildman–Crippen MR) is 124 cm³/mol. The Labute approximate surface area is 195 Å².